The largest absolute Gasteiger partial charge is 0.332 e. The van der Waals surface area contributed by atoms with Gasteiger partial charge in [-0.05, 0) is 43.0 Å². The minimum Gasteiger partial charge on any atom is -0.332 e. The van der Waals surface area contributed by atoms with Crippen molar-refractivity contribution in [2.45, 2.75) is 37.8 Å². The Kier molecular flexibility index (Phi) is 8.07. The highest BCUT2D eigenvalue weighted by atomic mass is 35.5. The van der Waals surface area contributed by atoms with Crippen LogP contribution in [0.5, 0.6) is 0 Å². The van der Waals surface area contributed by atoms with Gasteiger partial charge in [0.05, 0.1) is 6.54 Å². The molecule has 0 bridgehead atoms. The normalized spacial score (nSPS) is 11.1. The van der Waals surface area contributed by atoms with Crippen LogP contribution in [0.2, 0.25) is 0 Å². The number of carbonyl (C=O) groups is 2. The van der Waals surface area contributed by atoms with Crippen molar-refractivity contribution in [1.82, 2.24) is 9.80 Å². The van der Waals surface area contributed by atoms with Gasteiger partial charge < -0.3 is 9.80 Å². The molecule has 0 unspecified atom stereocenters. The summed E-state index contributed by atoms with van der Waals surface area (Å²) in [6.07, 6.45) is 0. The quantitative estimate of drug-likeness (QED) is 0.580. The van der Waals surface area contributed by atoms with Crippen LogP contribution in [0.1, 0.15) is 24.3 Å². The minimum absolute atomic E-state index is 0.126. The lowest BCUT2D eigenvalue weighted by Gasteiger charge is -2.30. The van der Waals surface area contributed by atoms with Crippen LogP contribution in [0.25, 0.3) is 0 Å². The number of nitrogens with zero attached hydrogens (tertiary/aromatic N) is 2. The Hall–Kier alpha value is -1.63. The summed E-state index contributed by atoms with van der Waals surface area (Å²) in [5.74, 6) is -1.06. The Morgan fingerprint density at radius 1 is 1.11 bits per heavy atom. The van der Waals surface area contributed by atoms with Gasteiger partial charge in [0.2, 0.25) is 5.91 Å². The first-order valence-corrected chi connectivity index (χ1v) is 10.2. The molecule has 2 amide bonds. The third kappa shape index (κ3) is 6.48. The van der Waals surface area contributed by atoms with E-state index in [1.54, 1.807) is 42.2 Å². The number of hydrogen-bond acceptors (Lipinski definition) is 3. The summed E-state index contributed by atoms with van der Waals surface area (Å²) in [6.45, 7) is 4.18. The third-order valence-electron chi connectivity index (χ3n) is 3.96. The van der Waals surface area contributed by atoms with Crippen molar-refractivity contribution in [3.63, 3.8) is 0 Å². The van der Waals surface area contributed by atoms with Gasteiger partial charge in [0, 0.05) is 17.5 Å². The predicted molar refractivity (Wildman–Crippen MR) is 107 cm³/mol. The van der Waals surface area contributed by atoms with E-state index in [9.17, 15) is 14.0 Å². The van der Waals surface area contributed by atoms with Crippen molar-refractivity contribution in [2.24, 2.45) is 0 Å². The molecule has 0 N–H and O–H groups in total. The highest BCUT2D eigenvalue weighted by Crippen LogP contribution is 2.17. The summed E-state index contributed by atoms with van der Waals surface area (Å²) < 4.78 is 13.2. The van der Waals surface area contributed by atoms with E-state index in [4.69, 9.17) is 23.2 Å². The first kappa shape index (κ1) is 21.7. The number of amides is 2. The molecule has 0 radical (unpaired) electrons. The second-order valence-corrected chi connectivity index (χ2v) is 8.44. The zero-order valence-electron chi connectivity index (χ0n) is 15.1. The third-order valence-corrected chi connectivity index (χ3v) is 5.20. The van der Waals surface area contributed by atoms with Gasteiger partial charge in [-0.1, -0.05) is 41.4 Å². The van der Waals surface area contributed by atoms with Crippen LogP contribution in [-0.4, -0.2) is 39.0 Å². The van der Waals surface area contributed by atoms with Crippen molar-refractivity contribution >= 4 is 46.4 Å². The van der Waals surface area contributed by atoms with Gasteiger partial charge in [-0.3, -0.25) is 9.59 Å². The monoisotopic (exact) mass is 430 g/mol. The van der Waals surface area contributed by atoms with E-state index in [-0.39, 0.29) is 24.3 Å². The van der Waals surface area contributed by atoms with E-state index in [1.807, 2.05) is 17.5 Å². The van der Waals surface area contributed by atoms with Gasteiger partial charge in [0.25, 0.3) is 5.91 Å². The SMILES string of the molecule is CC(C)N(CC(=O)N(Cc1ccc(F)cc1)Cc1cccs1)C(=O)C(Cl)Cl. The molecule has 0 fully saturated rings. The van der Waals surface area contributed by atoms with Crippen molar-refractivity contribution in [3.8, 4) is 0 Å². The van der Waals surface area contributed by atoms with Gasteiger partial charge in [-0.2, -0.15) is 0 Å². The van der Waals surface area contributed by atoms with Crippen LogP contribution in [0.15, 0.2) is 41.8 Å². The molecule has 0 spiro atoms. The van der Waals surface area contributed by atoms with Crippen LogP contribution < -0.4 is 0 Å². The number of halogens is 3. The van der Waals surface area contributed by atoms with Gasteiger partial charge in [-0.25, -0.2) is 4.39 Å². The van der Waals surface area contributed by atoms with Crippen LogP contribution in [0.3, 0.4) is 0 Å². The zero-order chi connectivity index (χ0) is 20.0. The lowest BCUT2D eigenvalue weighted by atomic mass is 10.2. The Morgan fingerprint density at radius 3 is 2.30 bits per heavy atom. The van der Waals surface area contributed by atoms with Gasteiger partial charge in [0.15, 0.2) is 4.84 Å². The number of alkyl halides is 2. The Morgan fingerprint density at radius 2 is 1.78 bits per heavy atom. The lowest BCUT2D eigenvalue weighted by Crippen LogP contribution is -2.47. The first-order chi connectivity index (χ1) is 12.8. The molecule has 0 aliphatic carbocycles. The van der Waals surface area contributed by atoms with Gasteiger partial charge in [0.1, 0.15) is 12.4 Å². The maximum Gasteiger partial charge on any atom is 0.256 e. The molecule has 4 nitrogen and oxygen atoms in total. The molecule has 2 rings (SSSR count). The van der Waals surface area contributed by atoms with Crippen LogP contribution in [-0.2, 0) is 22.7 Å². The Balaban J connectivity index is 2.18. The highest BCUT2D eigenvalue weighted by molar-refractivity contribution is 7.09. The summed E-state index contributed by atoms with van der Waals surface area (Å²) in [4.78, 5) is 28.0. The van der Waals surface area contributed by atoms with E-state index in [0.29, 0.717) is 13.1 Å². The first-order valence-electron chi connectivity index (χ1n) is 8.41. The number of thiophene rings is 1. The smallest absolute Gasteiger partial charge is 0.256 e. The fraction of sp³-hybridized carbons (Fsp3) is 0.368. The van der Waals surface area contributed by atoms with Crippen molar-refractivity contribution in [3.05, 3.63) is 58.0 Å². The maximum atomic E-state index is 13.2. The van der Waals surface area contributed by atoms with Crippen LogP contribution in [0, 0.1) is 5.82 Å². The Labute approximate surface area is 172 Å². The molecule has 146 valence electrons. The minimum atomic E-state index is -1.22. The van der Waals surface area contributed by atoms with E-state index < -0.39 is 10.7 Å². The van der Waals surface area contributed by atoms with E-state index >= 15 is 0 Å². The number of carbonyl (C=O) groups excluding carboxylic acids is 2. The van der Waals surface area contributed by atoms with Crippen molar-refractivity contribution in [2.75, 3.05) is 6.54 Å². The Bertz CT molecular complexity index is 752. The second kappa shape index (κ2) is 10.1. The topological polar surface area (TPSA) is 40.6 Å². The molecule has 0 saturated heterocycles. The lowest BCUT2D eigenvalue weighted by molar-refractivity contribution is -0.141. The molecular formula is C19H21Cl2FN2O2S. The molecule has 8 heteroatoms. The summed E-state index contributed by atoms with van der Waals surface area (Å²) >= 11 is 13.0. The highest BCUT2D eigenvalue weighted by Gasteiger charge is 2.27. The standard InChI is InChI=1S/C19H21Cl2FN2O2S/c1-13(2)24(19(26)18(20)21)12-17(25)23(11-16-4-3-9-27-16)10-14-5-7-15(22)8-6-14/h3-9,13,18H,10-12H2,1-2H3. The summed E-state index contributed by atoms with van der Waals surface area (Å²) in [5.41, 5.74) is 0.802. The van der Waals surface area contributed by atoms with Gasteiger partial charge >= 0.3 is 0 Å². The van der Waals surface area contributed by atoms with Crippen LogP contribution >= 0.6 is 34.5 Å². The maximum absolute atomic E-state index is 13.2. The molecule has 27 heavy (non-hydrogen) atoms. The second-order valence-electron chi connectivity index (χ2n) is 6.32. The molecule has 0 atom stereocenters. The van der Waals surface area contributed by atoms with E-state index in [2.05, 4.69) is 0 Å². The fourth-order valence-electron chi connectivity index (χ4n) is 2.52. The summed E-state index contributed by atoms with van der Waals surface area (Å²) in [7, 11) is 0. The molecule has 1 heterocycles. The molecule has 1 aromatic heterocycles. The molecule has 0 saturated carbocycles. The molecule has 2 aromatic rings. The molecular weight excluding hydrogens is 410 g/mol. The fourth-order valence-corrected chi connectivity index (χ4v) is 3.49. The number of hydrogen-bond donors (Lipinski definition) is 0. The molecule has 1 aromatic carbocycles. The van der Waals surface area contributed by atoms with Crippen molar-refractivity contribution in [1.29, 1.82) is 0 Å². The summed E-state index contributed by atoms with van der Waals surface area (Å²) in [6, 6.07) is 9.63. The number of benzene rings is 1. The molecule has 0 aliphatic rings. The average molecular weight is 431 g/mol. The number of rotatable bonds is 8. The zero-order valence-corrected chi connectivity index (χ0v) is 17.4. The molecule has 0 aliphatic heterocycles. The van der Waals surface area contributed by atoms with E-state index in [0.717, 1.165) is 10.4 Å². The summed E-state index contributed by atoms with van der Waals surface area (Å²) in [5, 5.41) is 1.94. The van der Waals surface area contributed by atoms with Crippen molar-refractivity contribution < 1.29 is 14.0 Å². The average Bonchev–Trinajstić information content (AvgIpc) is 3.13. The van der Waals surface area contributed by atoms with Crippen LogP contribution in [0.4, 0.5) is 4.39 Å². The predicted octanol–water partition coefficient (Wildman–Crippen LogP) is 4.46. The van der Waals surface area contributed by atoms with E-state index in [1.165, 1.54) is 17.0 Å². The van der Waals surface area contributed by atoms with Gasteiger partial charge in [-0.15, -0.1) is 11.3 Å².